The molecular weight excluding hydrogens is 190 g/mol. The van der Waals surface area contributed by atoms with Gasteiger partial charge in [0.2, 0.25) is 0 Å². The van der Waals surface area contributed by atoms with Crippen LogP contribution in [-0.4, -0.2) is 24.3 Å². The van der Waals surface area contributed by atoms with E-state index in [1.807, 2.05) is 20.8 Å². The van der Waals surface area contributed by atoms with Crippen molar-refractivity contribution >= 4 is 11.7 Å². The molecule has 88 valence electrons. The van der Waals surface area contributed by atoms with E-state index in [1.54, 1.807) is 0 Å². The van der Waals surface area contributed by atoms with Crippen LogP contribution in [0.4, 0.5) is 0 Å². The Hall–Kier alpha value is -0.860. The summed E-state index contributed by atoms with van der Waals surface area (Å²) in [4.78, 5) is 15.8. The van der Waals surface area contributed by atoms with Gasteiger partial charge >= 0.3 is 5.97 Å². The van der Waals surface area contributed by atoms with Gasteiger partial charge in [0.25, 0.3) is 0 Å². The van der Waals surface area contributed by atoms with Gasteiger partial charge in [-0.25, -0.2) is 0 Å². The van der Waals surface area contributed by atoms with Gasteiger partial charge in [-0.15, -0.1) is 0 Å². The van der Waals surface area contributed by atoms with E-state index in [9.17, 15) is 4.79 Å². The molecule has 3 heteroatoms. The van der Waals surface area contributed by atoms with Crippen LogP contribution < -0.4 is 0 Å². The smallest absolute Gasteiger partial charge is 0.311 e. The third kappa shape index (κ3) is 8.16. The Balaban J connectivity index is 4.31. The van der Waals surface area contributed by atoms with Crippen molar-refractivity contribution in [2.75, 3.05) is 6.61 Å². The minimum absolute atomic E-state index is 0.169. The van der Waals surface area contributed by atoms with Gasteiger partial charge in [-0.1, -0.05) is 13.8 Å². The number of carbonyl (C=O) groups is 1. The number of nitrogens with zero attached hydrogens (tertiary/aromatic N) is 1. The molecule has 0 N–H and O–H groups in total. The summed E-state index contributed by atoms with van der Waals surface area (Å²) >= 11 is 0. The molecule has 0 aromatic heterocycles. The van der Waals surface area contributed by atoms with Gasteiger partial charge in [0.1, 0.15) is 0 Å². The second kappa shape index (κ2) is 7.43. The van der Waals surface area contributed by atoms with Crippen molar-refractivity contribution in [1.29, 1.82) is 0 Å². The van der Waals surface area contributed by atoms with Crippen LogP contribution in [0, 0.1) is 5.92 Å². The Kier molecular flexibility index (Phi) is 7.01. The molecule has 0 aliphatic carbocycles. The fourth-order valence-corrected chi connectivity index (χ4v) is 1.39. The number of carbonyl (C=O) groups excluding carboxylic acids is 1. The summed E-state index contributed by atoms with van der Waals surface area (Å²) in [6.45, 7) is 10.5. The zero-order valence-corrected chi connectivity index (χ0v) is 10.5. The second-order valence-corrected chi connectivity index (χ2v) is 4.37. The summed E-state index contributed by atoms with van der Waals surface area (Å²) < 4.78 is 4.92. The molecule has 0 fully saturated rings. The van der Waals surface area contributed by atoms with Gasteiger partial charge < -0.3 is 4.74 Å². The highest BCUT2D eigenvalue weighted by atomic mass is 16.5. The predicted octanol–water partition coefficient (Wildman–Crippen LogP) is 2.84. The maximum Gasteiger partial charge on any atom is 0.311 e. The standard InChI is InChI=1S/C12H23NO2/c1-6-15-12(14)8-11(7-9(2)3)13-10(4)5/h9-10H,6-8H2,1-5H3. The van der Waals surface area contributed by atoms with Crippen LogP contribution in [-0.2, 0) is 9.53 Å². The van der Waals surface area contributed by atoms with E-state index in [4.69, 9.17) is 4.74 Å². The Morgan fingerprint density at radius 1 is 1.27 bits per heavy atom. The number of hydrogen-bond donors (Lipinski definition) is 0. The van der Waals surface area contributed by atoms with Crippen LogP contribution in [0.25, 0.3) is 0 Å². The quantitative estimate of drug-likeness (QED) is 0.502. The van der Waals surface area contributed by atoms with Gasteiger partial charge in [-0.05, 0) is 33.1 Å². The number of esters is 1. The average Bonchev–Trinajstić information content (AvgIpc) is 2.00. The maximum absolute atomic E-state index is 11.3. The van der Waals surface area contributed by atoms with Gasteiger partial charge in [0.05, 0.1) is 13.0 Å². The van der Waals surface area contributed by atoms with Crippen LogP contribution in [0.15, 0.2) is 4.99 Å². The highest BCUT2D eigenvalue weighted by molar-refractivity contribution is 5.99. The van der Waals surface area contributed by atoms with E-state index in [0.717, 1.165) is 12.1 Å². The lowest BCUT2D eigenvalue weighted by Gasteiger charge is -2.10. The number of aliphatic imine (C=N–C) groups is 1. The highest BCUT2D eigenvalue weighted by Crippen LogP contribution is 2.07. The molecule has 0 aromatic carbocycles. The fourth-order valence-electron chi connectivity index (χ4n) is 1.39. The third-order valence-electron chi connectivity index (χ3n) is 1.74. The second-order valence-electron chi connectivity index (χ2n) is 4.37. The molecule has 0 saturated heterocycles. The molecule has 0 saturated carbocycles. The molecule has 0 heterocycles. The molecule has 0 unspecified atom stereocenters. The predicted molar refractivity (Wildman–Crippen MR) is 63.3 cm³/mol. The molecule has 15 heavy (non-hydrogen) atoms. The Morgan fingerprint density at radius 2 is 1.87 bits per heavy atom. The van der Waals surface area contributed by atoms with Crippen LogP contribution in [0.1, 0.15) is 47.5 Å². The first-order valence-electron chi connectivity index (χ1n) is 5.66. The topological polar surface area (TPSA) is 38.7 Å². The van der Waals surface area contributed by atoms with Crippen molar-refractivity contribution in [3.05, 3.63) is 0 Å². The van der Waals surface area contributed by atoms with Crippen molar-refractivity contribution < 1.29 is 9.53 Å². The van der Waals surface area contributed by atoms with Gasteiger partial charge in [-0.3, -0.25) is 9.79 Å². The summed E-state index contributed by atoms with van der Waals surface area (Å²) in [5, 5.41) is 0. The lowest BCUT2D eigenvalue weighted by Crippen LogP contribution is -2.14. The molecule has 0 aliphatic heterocycles. The summed E-state index contributed by atoms with van der Waals surface area (Å²) in [7, 11) is 0. The normalized spacial score (nSPS) is 12.3. The monoisotopic (exact) mass is 213 g/mol. The van der Waals surface area contributed by atoms with Crippen molar-refractivity contribution in [3.63, 3.8) is 0 Å². The summed E-state index contributed by atoms with van der Waals surface area (Å²) in [5.74, 6) is 0.356. The first kappa shape index (κ1) is 14.1. The first-order valence-corrected chi connectivity index (χ1v) is 5.66. The van der Waals surface area contributed by atoms with Crippen molar-refractivity contribution in [2.24, 2.45) is 10.9 Å². The molecule has 3 nitrogen and oxygen atoms in total. The molecule has 0 rings (SSSR count). The number of hydrogen-bond acceptors (Lipinski definition) is 3. The van der Waals surface area contributed by atoms with Crippen molar-refractivity contribution in [2.45, 2.75) is 53.5 Å². The van der Waals surface area contributed by atoms with E-state index >= 15 is 0 Å². The third-order valence-corrected chi connectivity index (χ3v) is 1.74. The number of rotatable bonds is 6. The van der Waals surface area contributed by atoms with E-state index in [2.05, 4.69) is 18.8 Å². The molecule has 0 bridgehead atoms. The van der Waals surface area contributed by atoms with Crippen LogP contribution in [0.3, 0.4) is 0 Å². The molecular formula is C12H23NO2. The first-order chi connectivity index (χ1) is 6.95. The van der Waals surface area contributed by atoms with Gasteiger partial charge in [0, 0.05) is 11.8 Å². The molecule has 0 aromatic rings. The minimum atomic E-state index is -0.169. The minimum Gasteiger partial charge on any atom is -0.466 e. The SMILES string of the molecule is CCOC(=O)CC(CC(C)C)=NC(C)C. The lowest BCUT2D eigenvalue weighted by molar-refractivity contribution is -0.141. The Bertz CT molecular complexity index is 220. The van der Waals surface area contributed by atoms with Crippen molar-refractivity contribution in [1.82, 2.24) is 0 Å². The molecule has 0 atom stereocenters. The lowest BCUT2D eigenvalue weighted by atomic mass is 10.0. The zero-order valence-electron chi connectivity index (χ0n) is 10.5. The van der Waals surface area contributed by atoms with E-state index in [1.165, 1.54) is 0 Å². The van der Waals surface area contributed by atoms with Crippen LogP contribution in [0.5, 0.6) is 0 Å². The van der Waals surface area contributed by atoms with E-state index < -0.39 is 0 Å². The Morgan fingerprint density at radius 3 is 2.27 bits per heavy atom. The molecule has 0 spiro atoms. The van der Waals surface area contributed by atoms with Gasteiger partial charge in [0.15, 0.2) is 0 Å². The highest BCUT2D eigenvalue weighted by Gasteiger charge is 2.10. The number of ether oxygens (including phenoxy) is 1. The summed E-state index contributed by atoms with van der Waals surface area (Å²) in [6, 6.07) is 0.244. The van der Waals surface area contributed by atoms with E-state index in [-0.39, 0.29) is 12.0 Å². The van der Waals surface area contributed by atoms with Gasteiger partial charge in [-0.2, -0.15) is 0 Å². The molecule has 0 amide bonds. The van der Waals surface area contributed by atoms with Crippen LogP contribution >= 0.6 is 0 Å². The van der Waals surface area contributed by atoms with Crippen LogP contribution in [0.2, 0.25) is 0 Å². The molecule has 0 radical (unpaired) electrons. The summed E-state index contributed by atoms with van der Waals surface area (Å²) in [6.07, 6.45) is 1.21. The van der Waals surface area contributed by atoms with Crippen molar-refractivity contribution in [3.8, 4) is 0 Å². The largest absolute Gasteiger partial charge is 0.466 e. The van der Waals surface area contributed by atoms with E-state index in [0.29, 0.717) is 18.9 Å². The summed E-state index contributed by atoms with van der Waals surface area (Å²) in [5.41, 5.74) is 0.957. The maximum atomic E-state index is 11.3. The zero-order chi connectivity index (χ0) is 11.8. The Labute approximate surface area is 92.9 Å². The average molecular weight is 213 g/mol. The fraction of sp³-hybridized carbons (Fsp3) is 0.833. The molecule has 0 aliphatic rings.